The van der Waals surface area contributed by atoms with Gasteiger partial charge in [0.25, 0.3) is 0 Å². The van der Waals surface area contributed by atoms with E-state index in [2.05, 4.69) is 32.6 Å². The molecule has 0 spiro atoms. The normalized spacial score (nSPS) is 22.7. The van der Waals surface area contributed by atoms with Crippen molar-refractivity contribution in [3.63, 3.8) is 0 Å². The molecule has 0 bridgehead atoms. The van der Waals surface area contributed by atoms with Gasteiger partial charge >= 0.3 is 0 Å². The molecule has 5 rings (SSSR count). The van der Waals surface area contributed by atoms with Gasteiger partial charge in [-0.3, -0.25) is 9.59 Å². The zero-order chi connectivity index (χ0) is 29.3. The fourth-order valence-corrected chi connectivity index (χ4v) is 6.67. The van der Waals surface area contributed by atoms with Crippen LogP contribution in [0.5, 0.6) is 0 Å². The zero-order valence-corrected chi connectivity index (χ0v) is 25.1. The Kier molecular flexibility index (Phi) is 8.77. The lowest BCUT2D eigenvalue weighted by Gasteiger charge is -2.33. The summed E-state index contributed by atoms with van der Waals surface area (Å²) in [5.41, 5.74) is 4.87. The number of likely N-dealkylation sites (tertiary alicyclic amines) is 1. The van der Waals surface area contributed by atoms with E-state index in [-0.39, 0.29) is 42.8 Å². The van der Waals surface area contributed by atoms with Gasteiger partial charge in [-0.05, 0) is 37.8 Å². The van der Waals surface area contributed by atoms with Gasteiger partial charge in [0, 0.05) is 44.7 Å². The SMILES string of the molecule is Cc1ncsc1-c1ccc(C(C)NC(=O)[C@@H]2C[C@@H](O)CN2C(=O)C(c2cc(N3CCNC[C@@H]3C)no2)C(C)C)cc1. The van der Waals surface area contributed by atoms with Crippen molar-refractivity contribution in [3.05, 3.63) is 52.9 Å². The Hall–Kier alpha value is -3.28. The number of hydrogen-bond acceptors (Lipinski definition) is 9. The molecule has 0 aliphatic carbocycles. The summed E-state index contributed by atoms with van der Waals surface area (Å²) in [6, 6.07) is 9.14. The van der Waals surface area contributed by atoms with Crippen molar-refractivity contribution in [2.24, 2.45) is 5.92 Å². The van der Waals surface area contributed by atoms with Crippen LogP contribution >= 0.6 is 11.3 Å². The van der Waals surface area contributed by atoms with Crippen molar-refractivity contribution < 1.29 is 19.2 Å². The van der Waals surface area contributed by atoms with Crippen LogP contribution in [0.25, 0.3) is 10.4 Å². The number of hydrogen-bond donors (Lipinski definition) is 3. The molecule has 1 aromatic carbocycles. The van der Waals surface area contributed by atoms with Crippen LogP contribution < -0.4 is 15.5 Å². The summed E-state index contributed by atoms with van der Waals surface area (Å²) in [6.07, 6.45) is -0.578. The minimum Gasteiger partial charge on any atom is -0.391 e. The first kappa shape index (κ1) is 29.2. The Labute approximate surface area is 245 Å². The molecular formula is C30H40N6O4S. The number of anilines is 1. The van der Waals surface area contributed by atoms with Gasteiger partial charge < -0.3 is 30.1 Å². The highest BCUT2D eigenvalue weighted by Gasteiger charge is 2.43. The van der Waals surface area contributed by atoms with Crippen molar-refractivity contribution in [1.82, 2.24) is 25.7 Å². The molecule has 10 nitrogen and oxygen atoms in total. The minimum absolute atomic E-state index is 0.0928. The van der Waals surface area contributed by atoms with E-state index in [1.807, 2.05) is 63.5 Å². The smallest absolute Gasteiger partial charge is 0.243 e. The molecule has 3 aromatic rings. The average molecular weight is 581 g/mol. The molecule has 2 unspecified atom stereocenters. The monoisotopic (exact) mass is 580 g/mol. The highest BCUT2D eigenvalue weighted by molar-refractivity contribution is 7.13. The third-order valence-corrected chi connectivity index (χ3v) is 9.17. The molecule has 4 heterocycles. The van der Waals surface area contributed by atoms with Gasteiger partial charge in [0.1, 0.15) is 12.0 Å². The predicted octanol–water partition coefficient (Wildman–Crippen LogP) is 3.48. The first-order valence-corrected chi connectivity index (χ1v) is 15.2. The molecule has 220 valence electrons. The fraction of sp³-hybridized carbons (Fsp3) is 0.533. The van der Waals surface area contributed by atoms with E-state index in [1.165, 1.54) is 4.90 Å². The van der Waals surface area contributed by atoms with E-state index in [0.717, 1.165) is 41.3 Å². The maximum absolute atomic E-state index is 14.0. The first-order chi connectivity index (χ1) is 19.6. The number of nitrogens with zero attached hydrogens (tertiary/aromatic N) is 4. The maximum Gasteiger partial charge on any atom is 0.243 e. The van der Waals surface area contributed by atoms with Crippen molar-refractivity contribution >= 4 is 29.0 Å². The quantitative estimate of drug-likeness (QED) is 0.370. The van der Waals surface area contributed by atoms with E-state index >= 15 is 0 Å². The molecule has 2 fully saturated rings. The van der Waals surface area contributed by atoms with Crippen LogP contribution in [0, 0.1) is 12.8 Å². The van der Waals surface area contributed by atoms with Gasteiger partial charge in [0.15, 0.2) is 11.6 Å². The number of rotatable bonds is 8. The number of aliphatic hydroxyl groups is 1. The molecular weight excluding hydrogens is 540 g/mol. The standard InChI is InChI=1S/C30H40N6O4S/c1-17(2)27(25-13-26(34-40-25)35-11-10-31-14-18(35)3)30(39)36-15-23(37)12-24(36)29(38)33-19(4)21-6-8-22(9-7-21)28-20(5)32-16-41-28/h6-9,13,16-19,23-24,27,31,37H,10-12,14-15H2,1-5H3,(H,33,38)/t18-,19?,23+,24-,27?/m0/s1. The number of β-amino-alcohol motifs (C(OH)–C–C–N with tert-alkyl or cyclic N) is 1. The summed E-state index contributed by atoms with van der Waals surface area (Å²) in [7, 11) is 0. The predicted molar refractivity (Wildman–Crippen MR) is 159 cm³/mol. The summed E-state index contributed by atoms with van der Waals surface area (Å²) >= 11 is 1.60. The first-order valence-electron chi connectivity index (χ1n) is 14.4. The summed E-state index contributed by atoms with van der Waals surface area (Å²) in [5, 5.41) is 21.3. The van der Waals surface area contributed by atoms with E-state index < -0.39 is 18.1 Å². The number of nitrogens with one attached hydrogen (secondary N) is 2. The van der Waals surface area contributed by atoms with Crippen LogP contribution in [0.15, 0.2) is 40.4 Å². The maximum atomic E-state index is 14.0. The molecule has 0 saturated carbocycles. The number of carbonyl (C=O) groups excluding carboxylic acids is 2. The molecule has 0 radical (unpaired) electrons. The topological polar surface area (TPSA) is 124 Å². The second-order valence-electron chi connectivity index (χ2n) is 11.6. The number of carbonyl (C=O) groups is 2. The number of aromatic nitrogens is 2. The third kappa shape index (κ3) is 6.17. The van der Waals surface area contributed by atoms with Gasteiger partial charge in [-0.15, -0.1) is 11.3 Å². The molecule has 2 saturated heterocycles. The van der Waals surface area contributed by atoms with E-state index in [9.17, 15) is 14.7 Å². The fourth-order valence-electron chi connectivity index (χ4n) is 5.86. The number of aryl methyl sites for hydroxylation is 1. The van der Waals surface area contributed by atoms with Crippen LogP contribution in [0.4, 0.5) is 5.82 Å². The molecule has 2 aliphatic heterocycles. The van der Waals surface area contributed by atoms with E-state index in [1.54, 1.807) is 11.3 Å². The van der Waals surface area contributed by atoms with Crippen molar-refractivity contribution in [2.75, 3.05) is 31.1 Å². The summed E-state index contributed by atoms with van der Waals surface area (Å²) in [4.78, 5) is 36.6. The number of benzene rings is 1. The van der Waals surface area contributed by atoms with Gasteiger partial charge in [0.2, 0.25) is 11.8 Å². The van der Waals surface area contributed by atoms with E-state index in [4.69, 9.17) is 4.52 Å². The summed E-state index contributed by atoms with van der Waals surface area (Å²) in [5.74, 6) is -0.0191. The zero-order valence-electron chi connectivity index (χ0n) is 24.3. The van der Waals surface area contributed by atoms with Crippen molar-refractivity contribution in [2.45, 2.75) is 71.2 Å². The largest absolute Gasteiger partial charge is 0.391 e. The van der Waals surface area contributed by atoms with Crippen LogP contribution in [0.2, 0.25) is 0 Å². The van der Waals surface area contributed by atoms with Crippen LogP contribution in [-0.4, -0.2) is 76.3 Å². The van der Waals surface area contributed by atoms with Gasteiger partial charge in [-0.25, -0.2) is 4.98 Å². The lowest BCUT2D eigenvalue weighted by atomic mass is 9.91. The number of amides is 2. The lowest BCUT2D eigenvalue weighted by molar-refractivity contribution is -0.141. The van der Waals surface area contributed by atoms with Gasteiger partial charge in [-0.2, -0.15) is 0 Å². The molecule has 2 amide bonds. The summed E-state index contributed by atoms with van der Waals surface area (Å²) < 4.78 is 5.73. The molecule has 2 aromatic heterocycles. The van der Waals surface area contributed by atoms with Crippen LogP contribution in [0.1, 0.15) is 63.1 Å². The molecule has 11 heteroatoms. The Bertz CT molecular complexity index is 1350. The molecule has 5 atom stereocenters. The van der Waals surface area contributed by atoms with Crippen LogP contribution in [0.3, 0.4) is 0 Å². The van der Waals surface area contributed by atoms with E-state index in [0.29, 0.717) is 11.6 Å². The number of thiazole rings is 1. The highest BCUT2D eigenvalue weighted by atomic mass is 32.1. The van der Waals surface area contributed by atoms with Gasteiger partial charge in [-0.1, -0.05) is 43.3 Å². The highest BCUT2D eigenvalue weighted by Crippen LogP contribution is 2.33. The minimum atomic E-state index is -0.772. The van der Waals surface area contributed by atoms with Gasteiger partial charge in [0.05, 0.1) is 28.2 Å². The van der Waals surface area contributed by atoms with Crippen molar-refractivity contribution in [1.29, 1.82) is 0 Å². The Morgan fingerprint density at radius 2 is 1.98 bits per heavy atom. The third-order valence-electron chi connectivity index (χ3n) is 8.19. The molecule has 3 N–H and O–H groups in total. The second kappa shape index (κ2) is 12.3. The van der Waals surface area contributed by atoms with Crippen molar-refractivity contribution in [3.8, 4) is 10.4 Å². The molecule has 41 heavy (non-hydrogen) atoms. The molecule has 2 aliphatic rings. The summed E-state index contributed by atoms with van der Waals surface area (Å²) in [6.45, 7) is 12.6. The number of aliphatic hydroxyl groups excluding tert-OH is 1. The Morgan fingerprint density at radius 1 is 1.22 bits per heavy atom. The second-order valence-corrected chi connectivity index (χ2v) is 12.4. The van der Waals surface area contributed by atoms with Crippen LogP contribution in [-0.2, 0) is 9.59 Å². The number of piperazine rings is 1. The average Bonchev–Trinajstić information content (AvgIpc) is 3.69. The lowest BCUT2D eigenvalue weighted by Crippen LogP contribution is -2.50. The Morgan fingerprint density at radius 3 is 2.63 bits per heavy atom. The Balaban J connectivity index is 1.29.